The number of aldehydes is 1. The third kappa shape index (κ3) is 10.8. The lowest BCUT2D eigenvalue weighted by Gasteiger charge is -2.36. The van der Waals surface area contributed by atoms with Gasteiger partial charge in [0.1, 0.15) is 23.2 Å². The van der Waals surface area contributed by atoms with Crippen molar-refractivity contribution in [3.05, 3.63) is 80.0 Å². The smallest absolute Gasteiger partial charge is 0.293 e. The number of fused-ring (bicyclic) bond motifs is 2. The number of anilines is 3. The molecule has 66 heavy (non-hydrogen) atoms. The Morgan fingerprint density at radius 1 is 1.02 bits per heavy atom. The van der Waals surface area contributed by atoms with Gasteiger partial charge < -0.3 is 49.9 Å². The number of benzene rings is 2. The molecule has 4 aromatic rings. The molecular weight excluding hydrogens is 869 g/mol. The zero-order valence-electron chi connectivity index (χ0n) is 38.4. The van der Waals surface area contributed by atoms with Crippen LogP contribution in [0.25, 0.3) is 10.9 Å². The van der Waals surface area contributed by atoms with Crippen LogP contribution in [-0.4, -0.2) is 109 Å². The molecule has 0 radical (unpaired) electrons. The molecule has 8 rings (SSSR count). The van der Waals surface area contributed by atoms with E-state index in [0.717, 1.165) is 80.3 Å². The third-order valence-corrected chi connectivity index (χ3v) is 13.3. The number of piperidine rings is 2. The number of likely N-dealkylation sites (N-methyl/N-ethyl adjacent to an activating group) is 2. The molecule has 3 fully saturated rings. The molecule has 2 aromatic carbocycles. The number of aromatic nitrogens is 3. The van der Waals surface area contributed by atoms with Gasteiger partial charge in [-0.15, -0.1) is 0 Å². The molecule has 3 amide bonds. The summed E-state index contributed by atoms with van der Waals surface area (Å²) >= 11 is 6.47. The minimum absolute atomic E-state index is 0.0647. The molecule has 2 saturated heterocycles. The van der Waals surface area contributed by atoms with Crippen molar-refractivity contribution in [2.45, 2.75) is 115 Å². The Bertz CT molecular complexity index is 2490. The molecule has 18 heteroatoms. The second-order valence-corrected chi connectivity index (χ2v) is 18.1. The first-order chi connectivity index (χ1) is 31.8. The van der Waals surface area contributed by atoms with Crippen LogP contribution < -0.4 is 36.5 Å². The van der Waals surface area contributed by atoms with Crippen LogP contribution in [-0.2, 0) is 25.7 Å². The van der Waals surface area contributed by atoms with Crippen LogP contribution in [0.4, 0.5) is 21.8 Å². The van der Waals surface area contributed by atoms with Crippen molar-refractivity contribution < 1.29 is 33.0 Å². The Kier molecular flexibility index (Phi) is 15.9. The zero-order chi connectivity index (χ0) is 47.1. The molecule has 5 heterocycles. The first kappa shape index (κ1) is 48.3. The lowest BCUT2D eigenvalue weighted by molar-refractivity contribution is -0.125. The van der Waals surface area contributed by atoms with Crippen LogP contribution in [0.3, 0.4) is 0 Å². The molecule has 354 valence electrons. The van der Waals surface area contributed by atoms with Crippen molar-refractivity contribution >= 4 is 64.0 Å². The van der Waals surface area contributed by atoms with E-state index in [4.69, 9.17) is 26.1 Å². The molecule has 4 aliphatic rings. The summed E-state index contributed by atoms with van der Waals surface area (Å²) in [6.45, 7) is 8.91. The van der Waals surface area contributed by atoms with Gasteiger partial charge in [-0.25, -0.2) is 9.37 Å². The highest BCUT2D eigenvalue weighted by Crippen LogP contribution is 2.38. The van der Waals surface area contributed by atoms with E-state index in [1.54, 1.807) is 22.9 Å². The Balaban J connectivity index is 0.000000210. The molecule has 0 bridgehead atoms. The standard InChI is InChI=1S/C28H35ClN6O4.C20H26FN3O3/c1-17(2)35-23-8-7-19(13-18(23)14-24(27(35)37)38-16-25(36)30-3)32-26-22(29)15-31-28(33-26)34-11-9-21(10-12-34)39-20-5-4-6-20;1-12-10-14-15(18(21)17(12)13-5-7-23-8-6-13)11-24(20(14)27)16(4-3-9-25)19(26)22-2/h7-8,13-15,17,20-21H,4-6,9-12,16H2,1-3H3,(H,30,36)(H,31,32,33);9-10,13,16,23H,3-8,11H2,1-2H3,(H,22,26). The number of halogens is 2. The van der Waals surface area contributed by atoms with Gasteiger partial charge in [-0.3, -0.25) is 19.2 Å². The van der Waals surface area contributed by atoms with Crippen molar-refractivity contribution in [3.8, 4) is 5.75 Å². The van der Waals surface area contributed by atoms with Gasteiger partial charge in [0.2, 0.25) is 11.9 Å². The van der Waals surface area contributed by atoms with Crippen molar-refractivity contribution in [1.82, 2.24) is 35.4 Å². The Labute approximate surface area is 389 Å². The second-order valence-electron chi connectivity index (χ2n) is 17.7. The largest absolute Gasteiger partial charge is 0.478 e. The van der Waals surface area contributed by atoms with Crippen LogP contribution in [0, 0.1) is 12.7 Å². The first-order valence-corrected chi connectivity index (χ1v) is 23.4. The molecule has 3 aliphatic heterocycles. The van der Waals surface area contributed by atoms with Crippen LogP contribution >= 0.6 is 11.6 Å². The fourth-order valence-electron chi connectivity index (χ4n) is 9.20. The topological polar surface area (TPSA) is 189 Å². The lowest BCUT2D eigenvalue weighted by atomic mass is 9.85. The number of hydrogen-bond donors (Lipinski definition) is 4. The van der Waals surface area contributed by atoms with Gasteiger partial charge >= 0.3 is 0 Å². The van der Waals surface area contributed by atoms with Gasteiger partial charge in [-0.1, -0.05) is 11.6 Å². The molecule has 1 unspecified atom stereocenters. The number of aryl methyl sites for hydroxylation is 1. The number of pyridine rings is 1. The number of ether oxygens (including phenoxy) is 2. The maximum absolute atomic E-state index is 15.4. The van der Waals surface area contributed by atoms with Crippen molar-refractivity contribution in [2.24, 2.45) is 0 Å². The van der Waals surface area contributed by atoms with Crippen LogP contribution in [0.1, 0.15) is 111 Å². The number of rotatable bonds is 15. The highest BCUT2D eigenvalue weighted by molar-refractivity contribution is 6.33. The lowest BCUT2D eigenvalue weighted by Crippen LogP contribution is -2.46. The monoisotopic (exact) mass is 929 g/mol. The Morgan fingerprint density at radius 2 is 1.74 bits per heavy atom. The molecule has 1 saturated carbocycles. The molecule has 0 spiro atoms. The minimum atomic E-state index is -0.776. The molecular formula is C48H61ClFN9O7. The summed E-state index contributed by atoms with van der Waals surface area (Å²) in [7, 11) is 3.01. The van der Waals surface area contributed by atoms with Gasteiger partial charge in [-0.05, 0) is 133 Å². The molecule has 1 aliphatic carbocycles. The molecule has 4 N–H and O–H groups in total. The maximum atomic E-state index is 15.4. The van der Waals surface area contributed by atoms with Crippen molar-refractivity contribution in [2.75, 3.05) is 57.1 Å². The molecule has 1 atom stereocenters. The average molecular weight is 931 g/mol. The van der Waals surface area contributed by atoms with Gasteiger partial charge in [0.25, 0.3) is 17.4 Å². The van der Waals surface area contributed by atoms with Crippen LogP contribution in [0.5, 0.6) is 5.75 Å². The molecule has 16 nitrogen and oxygen atoms in total. The highest BCUT2D eigenvalue weighted by atomic mass is 35.5. The van der Waals surface area contributed by atoms with Gasteiger partial charge in [0.05, 0.1) is 30.5 Å². The number of nitrogens with zero attached hydrogens (tertiary/aromatic N) is 5. The Morgan fingerprint density at radius 3 is 2.39 bits per heavy atom. The summed E-state index contributed by atoms with van der Waals surface area (Å²) < 4.78 is 28.8. The van der Waals surface area contributed by atoms with E-state index in [1.165, 1.54) is 38.3 Å². The number of carbonyl (C=O) groups excluding carboxylic acids is 4. The fourth-order valence-corrected chi connectivity index (χ4v) is 9.34. The second kappa shape index (κ2) is 21.8. The van der Waals surface area contributed by atoms with E-state index in [-0.39, 0.29) is 72.8 Å². The number of carbonyl (C=O) groups is 4. The predicted octanol–water partition coefficient (Wildman–Crippen LogP) is 6.08. The molecule has 2 aromatic heterocycles. The number of nitrogens with one attached hydrogen (secondary N) is 4. The summed E-state index contributed by atoms with van der Waals surface area (Å²) in [6, 6.07) is 8.21. The van der Waals surface area contributed by atoms with Gasteiger partial charge in [0, 0.05) is 61.8 Å². The minimum Gasteiger partial charge on any atom is -0.478 e. The van der Waals surface area contributed by atoms with Gasteiger partial charge in [-0.2, -0.15) is 4.98 Å². The average Bonchev–Trinajstić information content (AvgIpc) is 3.63. The predicted molar refractivity (Wildman–Crippen MR) is 251 cm³/mol. The summed E-state index contributed by atoms with van der Waals surface area (Å²) in [5.74, 6) is 0.0844. The van der Waals surface area contributed by atoms with Crippen LogP contribution in [0.15, 0.2) is 41.3 Å². The Hall–Kier alpha value is -5.65. The van der Waals surface area contributed by atoms with E-state index in [1.807, 2.05) is 39.0 Å². The summed E-state index contributed by atoms with van der Waals surface area (Å²) in [6.07, 6.45) is 10.8. The zero-order valence-corrected chi connectivity index (χ0v) is 39.1. The maximum Gasteiger partial charge on any atom is 0.293 e. The highest BCUT2D eigenvalue weighted by Gasteiger charge is 2.39. The first-order valence-electron chi connectivity index (χ1n) is 23.0. The van der Waals surface area contributed by atoms with Crippen molar-refractivity contribution in [3.63, 3.8) is 0 Å². The summed E-state index contributed by atoms with van der Waals surface area (Å²) in [4.78, 5) is 73.4. The van der Waals surface area contributed by atoms with E-state index < -0.39 is 6.04 Å². The fraction of sp³-hybridized carbons (Fsp3) is 0.521. The van der Waals surface area contributed by atoms with Crippen molar-refractivity contribution in [1.29, 1.82) is 0 Å². The quantitative estimate of drug-likeness (QED) is 0.101. The van der Waals surface area contributed by atoms with E-state index in [0.29, 0.717) is 45.7 Å². The summed E-state index contributed by atoms with van der Waals surface area (Å²) in [5.41, 5.74) is 3.42. The van der Waals surface area contributed by atoms with E-state index in [9.17, 15) is 24.0 Å². The van der Waals surface area contributed by atoms with Gasteiger partial charge in [0.15, 0.2) is 18.2 Å². The normalized spacial score (nSPS) is 17.2. The number of hydrogen-bond acceptors (Lipinski definition) is 12. The van der Waals surface area contributed by atoms with E-state index in [2.05, 4.69) is 31.2 Å². The van der Waals surface area contributed by atoms with Crippen LogP contribution in [0.2, 0.25) is 5.02 Å². The summed E-state index contributed by atoms with van der Waals surface area (Å²) in [5, 5.41) is 12.8. The SMILES string of the molecule is CNC(=O)C(CCC=O)N1Cc2c(cc(C)c(C3CCNCC3)c2F)C1=O.CNC(=O)COc1cc2cc(Nc3nc(N4CCC(OC5CCC5)CC4)ncc3Cl)ccc2n(C(C)C)c1=O. The van der Waals surface area contributed by atoms with E-state index >= 15 is 4.39 Å². The third-order valence-electron chi connectivity index (χ3n) is 13.0. The number of amides is 3.